The minimum atomic E-state index is -1.02. The van der Waals surface area contributed by atoms with Crippen molar-refractivity contribution in [3.05, 3.63) is 65.2 Å². The van der Waals surface area contributed by atoms with E-state index in [9.17, 15) is 9.59 Å². The van der Waals surface area contributed by atoms with E-state index in [1.165, 1.54) is 5.56 Å². The molecule has 0 spiro atoms. The van der Waals surface area contributed by atoms with Crippen molar-refractivity contribution in [1.29, 1.82) is 0 Å². The second-order valence-electron chi connectivity index (χ2n) is 5.41. The SMILES string of the molecule is CCc1ccccc1CC(=O)NCc1cccc(OCC(=O)O)c1. The van der Waals surface area contributed by atoms with E-state index in [1.54, 1.807) is 18.2 Å². The van der Waals surface area contributed by atoms with Crippen molar-refractivity contribution in [2.45, 2.75) is 26.3 Å². The van der Waals surface area contributed by atoms with Crippen molar-refractivity contribution in [3.8, 4) is 5.75 Å². The summed E-state index contributed by atoms with van der Waals surface area (Å²) in [5.41, 5.74) is 3.07. The number of carbonyl (C=O) groups is 2. The van der Waals surface area contributed by atoms with Gasteiger partial charge in [-0.2, -0.15) is 0 Å². The number of rotatable bonds is 8. The molecule has 24 heavy (non-hydrogen) atoms. The van der Waals surface area contributed by atoms with Crippen LogP contribution in [0, 0.1) is 0 Å². The van der Waals surface area contributed by atoms with Crippen LogP contribution in [-0.2, 0) is 29.0 Å². The summed E-state index contributed by atoms with van der Waals surface area (Å²) >= 11 is 0. The predicted molar refractivity (Wildman–Crippen MR) is 90.9 cm³/mol. The van der Waals surface area contributed by atoms with E-state index in [2.05, 4.69) is 12.2 Å². The number of carbonyl (C=O) groups excluding carboxylic acids is 1. The van der Waals surface area contributed by atoms with Crippen LogP contribution in [0.1, 0.15) is 23.6 Å². The molecule has 0 bridgehead atoms. The van der Waals surface area contributed by atoms with Crippen molar-refractivity contribution < 1.29 is 19.4 Å². The van der Waals surface area contributed by atoms with Gasteiger partial charge in [0.25, 0.3) is 0 Å². The summed E-state index contributed by atoms with van der Waals surface area (Å²) in [6.45, 7) is 2.06. The molecule has 5 nitrogen and oxygen atoms in total. The van der Waals surface area contributed by atoms with Crippen molar-refractivity contribution >= 4 is 11.9 Å². The van der Waals surface area contributed by atoms with Gasteiger partial charge in [-0.15, -0.1) is 0 Å². The van der Waals surface area contributed by atoms with Gasteiger partial charge in [0.2, 0.25) is 5.91 Å². The first-order valence-corrected chi connectivity index (χ1v) is 7.85. The lowest BCUT2D eigenvalue weighted by Crippen LogP contribution is -2.25. The van der Waals surface area contributed by atoms with Gasteiger partial charge in [0.15, 0.2) is 6.61 Å². The average Bonchev–Trinajstić information content (AvgIpc) is 2.59. The van der Waals surface area contributed by atoms with E-state index in [-0.39, 0.29) is 12.5 Å². The fourth-order valence-corrected chi connectivity index (χ4v) is 2.40. The summed E-state index contributed by atoms with van der Waals surface area (Å²) in [6.07, 6.45) is 1.24. The van der Waals surface area contributed by atoms with Crippen LogP contribution in [0.3, 0.4) is 0 Å². The molecule has 126 valence electrons. The van der Waals surface area contributed by atoms with Gasteiger partial charge in [0.05, 0.1) is 6.42 Å². The maximum absolute atomic E-state index is 12.1. The van der Waals surface area contributed by atoms with E-state index in [0.717, 1.165) is 17.5 Å². The summed E-state index contributed by atoms with van der Waals surface area (Å²) in [5, 5.41) is 11.5. The molecule has 1 amide bonds. The Morgan fingerprint density at radius 1 is 1.08 bits per heavy atom. The summed E-state index contributed by atoms with van der Waals surface area (Å²) in [5.74, 6) is -0.600. The Kier molecular flexibility index (Phi) is 6.37. The smallest absolute Gasteiger partial charge is 0.341 e. The number of benzene rings is 2. The Morgan fingerprint density at radius 2 is 1.83 bits per heavy atom. The molecule has 0 aliphatic heterocycles. The predicted octanol–water partition coefficient (Wildman–Crippen LogP) is 2.57. The van der Waals surface area contributed by atoms with Gasteiger partial charge >= 0.3 is 5.97 Å². The van der Waals surface area contributed by atoms with Gasteiger partial charge in [-0.05, 0) is 35.2 Å². The van der Waals surface area contributed by atoms with E-state index in [0.29, 0.717) is 18.7 Å². The molecule has 0 aliphatic carbocycles. The third-order valence-corrected chi connectivity index (χ3v) is 3.60. The Bertz CT molecular complexity index is 712. The summed E-state index contributed by atoms with van der Waals surface area (Å²) in [6, 6.07) is 15.0. The molecule has 0 aliphatic rings. The van der Waals surface area contributed by atoms with Gasteiger partial charge < -0.3 is 15.2 Å². The first-order chi connectivity index (χ1) is 11.6. The van der Waals surface area contributed by atoms with Crippen LogP contribution in [0.2, 0.25) is 0 Å². The average molecular weight is 327 g/mol. The highest BCUT2D eigenvalue weighted by atomic mass is 16.5. The van der Waals surface area contributed by atoms with Crippen molar-refractivity contribution in [3.63, 3.8) is 0 Å². The zero-order chi connectivity index (χ0) is 17.4. The Balaban J connectivity index is 1.89. The zero-order valence-electron chi connectivity index (χ0n) is 13.6. The number of nitrogens with one attached hydrogen (secondary N) is 1. The molecule has 2 aromatic rings. The number of aryl methyl sites for hydroxylation is 1. The van der Waals surface area contributed by atoms with Crippen molar-refractivity contribution in [1.82, 2.24) is 5.32 Å². The molecular formula is C19H21NO4. The van der Waals surface area contributed by atoms with Gasteiger partial charge in [0.1, 0.15) is 5.75 Å². The van der Waals surface area contributed by atoms with Crippen LogP contribution in [0.25, 0.3) is 0 Å². The Morgan fingerprint density at radius 3 is 2.54 bits per heavy atom. The van der Waals surface area contributed by atoms with Gasteiger partial charge in [-0.3, -0.25) is 4.79 Å². The number of carboxylic acid groups (broad SMARTS) is 1. The number of carboxylic acids is 1. The maximum atomic E-state index is 12.1. The molecule has 2 rings (SSSR count). The molecule has 0 heterocycles. The van der Waals surface area contributed by atoms with E-state index in [1.807, 2.05) is 30.3 Å². The van der Waals surface area contributed by atoms with E-state index < -0.39 is 5.97 Å². The van der Waals surface area contributed by atoms with Crippen LogP contribution in [0.15, 0.2) is 48.5 Å². The quantitative estimate of drug-likeness (QED) is 0.781. The van der Waals surface area contributed by atoms with Crippen LogP contribution in [-0.4, -0.2) is 23.6 Å². The minimum absolute atomic E-state index is 0.0484. The highest BCUT2D eigenvalue weighted by Gasteiger charge is 2.07. The standard InChI is InChI=1S/C19H21NO4/c1-2-15-7-3-4-8-16(15)11-18(21)20-12-14-6-5-9-17(10-14)24-13-19(22)23/h3-10H,2,11-13H2,1H3,(H,20,21)(H,22,23). The first-order valence-electron chi connectivity index (χ1n) is 7.85. The largest absolute Gasteiger partial charge is 0.482 e. The van der Waals surface area contributed by atoms with Crippen molar-refractivity contribution in [2.24, 2.45) is 0 Å². The summed E-state index contributed by atoms with van der Waals surface area (Å²) in [7, 11) is 0. The number of amides is 1. The van der Waals surface area contributed by atoms with Crippen LogP contribution >= 0.6 is 0 Å². The molecule has 0 atom stereocenters. The molecule has 0 saturated carbocycles. The number of ether oxygens (including phenoxy) is 1. The molecule has 2 N–H and O–H groups in total. The molecule has 0 radical (unpaired) electrons. The minimum Gasteiger partial charge on any atom is -0.482 e. The van der Waals surface area contributed by atoms with Crippen molar-refractivity contribution in [2.75, 3.05) is 6.61 Å². The third kappa shape index (κ3) is 5.43. The monoisotopic (exact) mass is 327 g/mol. The maximum Gasteiger partial charge on any atom is 0.341 e. The lowest BCUT2D eigenvalue weighted by Gasteiger charge is -2.10. The normalized spacial score (nSPS) is 10.2. The fraction of sp³-hybridized carbons (Fsp3) is 0.263. The Hall–Kier alpha value is -2.82. The van der Waals surface area contributed by atoms with Gasteiger partial charge in [-0.25, -0.2) is 4.79 Å². The molecule has 5 heteroatoms. The molecule has 0 aromatic heterocycles. The Labute approximate surface area is 141 Å². The summed E-state index contributed by atoms with van der Waals surface area (Å²) in [4.78, 5) is 22.7. The van der Waals surface area contributed by atoms with Gasteiger partial charge in [0, 0.05) is 6.54 Å². The van der Waals surface area contributed by atoms with E-state index >= 15 is 0 Å². The molecule has 0 saturated heterocycles. The second-order valence-corrected chi connectivity index (χ2v) is 5.41. The van der Waals surface area contributed by atoms with Crippen LogP contribution in [0.4, 0.5) is 0 Å². The second kappa shape index (κ2) is 8.72. The van der Waals surface area contributed by atoms with Crippen LogP contribution < -0.4 is 10.1 Å². The number of hydrogen-bond donors (Lipinski definition) is 2. The van der Waals surface area contributed by atoms with E-state index in [4.69, 9.17) is 9.84 Å². The third-order valence-electron chi connectivity index (χ3n) is 3.60. The van der Waals surface area contributed by atoms with Crippen LogP contribution in [0.5, 0.6) is 5.75 Å². The first kappa shape index (κ1) is 17.5. The highest BCUT2D eigenvalue weighted by molar-refractivity contribution is 5.78. The topological polar surface area (TPSA) is 75.6 Å². The molecule has 2 aromatic carbocycles. The fourth-order valence-electron chi connectivity index (χ4n) is 2.40. The number of aliphatic carboxylic acids is 1. The summed E-state index contributed by atoms with van der Waals surface area (Å²) < 4.78 is 5.13. The zero-order valence-corrected chi connectivity index (χ0v) is 13.6. The lowest BCUT2D eigenvalue weighted by molar-refractivity contribution is -0.139. The molecule has 0 unspecified atom stereocenters. The number of hydrogen-bond acceptors (Lipinski definition) is 3. The lowest BCUT2D eigenvalue weighted by atomic mass is 10.0. The highest BCUT2D eigenvalue weighted by Crippen LogP contribution is 2.14. The van der Waals surface area contributed by atoms with Gasteiger partial charge in [-0.1, -0.05) is 43.3 Å². The molecule has 0 fully saturated rings. The molecular weight excluding hydrogens is 306 g/mol.